The summed E-state index contributed by atoms with van der Waals surface area (Å²) in [6, 6.07) is 15.7. The van der Waals surface area contributed by atoms with Crippen molar-refractivity contribution in [2.24, 2.45) is 5.92 Å². The molecule has 0 saturated carbocycles. The molecule has 0 spiro atoms. The fourth-order valence-electron chi connectivity index (χ4n) is 3.54. The van der Waals surface area contributed by atoms with E-state index in [2.05, 4.69) is 40.5 Å². The number of rotatable bonds is 7. The smallest absolute Gasteiger partial charge is 0.255 e. The van der Waals surface area contributed by atoms with Crippen LogP contribution < -0.4 is 10.1 Å². The molecule has 0 unspecified atom stereocenters. The van der Waals surface area contributed by atoms with Gasteiger partial charge in [0.2, 0.25) is 0 Å². The van der Waals surface area contributed by atoms with E-state index in [1.807, 2.05) is 0 Å². The van der Waals surface area contributed by atoms with Crippen LogP contribution in [-0.4, -0.2) is 44.1 Å². The first kappa shape index (κ1) is 19.7. The minimum atomic E-state index is -0.124. The fourth-order valence-corrected chi connectivity index (χ4v) is 3.71. The van der Waals surface area contributed by atoms with Crippen molar-refractivity contribution in [3.63, 3.8) is 0 Å². The van der Waals surface area contributed by atoms with E-state index >= 15 is 0 Å². The van der Waals surface area contributed by atoms with Crippen molar-refractivity contribution in [2.45, 2.75) is 19.3 Å². The summed E-state index contributed by atoms with van der Waals surface area (Å²) in [5, 5.41) is 3.58. The van der Waals surface area contributed by atoms with E-state index in [9.17, 15) is 4.79 Å². The number of halogens is 1. The average molecular weight is 387 g/mol. The molecule has 3 rings (SSSR count). The third-order valence-corrected chi connectivity index (χ3v) is 5.46. The van der Waals surface area contributed by atoms with Crippen molar-refractivity contribution in [1.82, 2.24) is 10.2 Å². The van der Waals surface area contributed by atoms with E-state index in [4.69, 9.17) is 16.3 Å². The van der Waals surface area contributed by atoms with Crippen molar-refractivity contribution in [3.8, 4) is 5.75 Å². The van der Waals surface area contributed by atoms with Gasteiger partial charge in [-0.1, -0.05) is 41.9 Å². The summed E-state index contributed by atoms with van der Waals surface area (Å²) < 4.78 is 5.26. The number of carbonyl (C=O) groups is 1. The highest BCUT2D eigenvalue weighted by atomic mass is 35.5. The third kappa shape index (κ3) is 5.72. The maximum Gasteiger partial charge on any atom is 0.255 e. The molecule has 5 heteroatoms. The van der Waals surface area contributed by atoms with E-state index in [0.29, 0.717) is 28.8 Å². The predicted octanol–water partition coefficient (Wildman–Crippen LogP) is 4.03. The number of benzene rings is 2. The first-order valence-electron chi connectivity index (χ1n) is 9.53. The Morgan fingerprint density at radius 3 is 2.63 bits per heavy atom. The second kappa shape index (κ2) is 9.77. The molecule has 4 nitrogen and oxygen atoms in total. The van der Waals surface area contributed by atoms with Crippen molar-refractivity contribution >= 4 is 17.5 Å². The number of piperidine rings is 1. The zero-order chi connectivity index (χ0) is 19.1. The standard InChI is InChI=1S/C22H27ClN2O2/c1-27-21-8-7-19(23)15-20(21)22(26)24-16-18-10-13-25(14-11-18)12-9-17-5-3-2-4-6-17/h2-8,15,18H,9-14,16H2,1H3,(H,24,26). The number of methoxy groups -OCH3 is 1. The molecule has 1 amide bonds. The SMILES string of the molecule is COc1ccc(Cl)cc1C(=O)NCC1CCN(CCc2ccccc2)CC1. The van der Waals surface area contributed by atoms with E-state index < -0.39 is 0 Å². The monoisotopic (exact) mass is 386 g/mol. The molecule has 144 valence electrons. The summed E-state index contributed by atoms with van der Waals surface area (Å²) in [6.07, 6.45) is 3.32. The second-order valence-electron chi connectivity index (χ2n) is 7.08. The molecule has 1 saturated heterocycles. The fraction of sp³-hybridized carbons (Fsp3) is 0.409. The lowest BCUT2D eigenvalue weighted by molar-refractivity contribution is 0.0933. The third-order valence-electron chi connectivity index (χ3n) is 5.22. The highest BCUT2D eigenvalue weighted by Gasteiger charge is 2.20. The number of carbonyl (C=O) groups excluding carboxylic acids is 1. The van der Waals surface area contributed by atoms with Gasteiger partial charge in [0, 0.05) is 18.1 Å². The number of amides is 1. The van der Waals surface area contributed by atoms with Crippen LogP contribution in [0.25, 0.3) is 0 Å². The van der Waals surface area contributed by atoms with Gasteiger partial charge in [-0.15, -0.1) is 0 Å². The van der Waals surface area contributed by atoms with Crippen LogP contribution in [-0.2, 0) is 6.42 Å². The van der Waals surface area contributed by atoms with E-state index in [1.54, 1.807) is 25.3 Å². The Kier molecular flexibility index (Phi) is 7.13. The van der Waals surface area contributed by atoms with Gasteiger partial charge in [0.15, 0.2) is 0 Å². The molecule has 0 aliphatic carbocycles. The van der Waals surface area contributed by atoms with Crippen LogP contribution in [0.4, 0.5) is 0 Å². The maximum atomic E-state index is 12.5. The molecule has 0 atom stereocenters. The Balaban J connectivity index is 1.42. The molecule has 1 heterocycles. The topological polar surface area (TPSA) is 41.6 Å². The van der Waals surface area contributed by atoms with Crippen molar-refractivity contribution in [3.05, 3.63) is 64.7 Å². The summed E-state index contributed by atoms with van der Waals surface area (Å²) >= 11 is 6.02. The molecule has 27 heavy (non-hydrogen) atoms. The van der Waals surface area contributed by atoms with Crippen LogP contribution in [0.1, 0.15) is 28.8 Å². The van der Waals surface area contributed by atoms with Gasteiger partial charge in [-0.25, -0.2) is 0 Å². The number of hydrogen-bond acceptors (Lipinski definition) is 3. The maximum absolute atomic E-state index is 12.5. The average Bonchev–Trinajstić information content (AvgIpc) is 2.72. The summed E-state index contributed by atoms with van der Waals surface area (Å²) in [4.78, 5) is 15.0. The molecule has 2 aromatic rings. The molecule has 0 bridgehead atoms. The largest absolute Gasteiger partial charge is 0.496 e. The summed E-state index contributed by atoms with van der Waals surface area (Å²) in [6.45, 7) is 3.98. The zero-order valence-electron chi connectivity index (χ0n) is 15.8. The number of ether oxygens (including phenoxy) is 1. The number of hydrogen-bond donors (Lipinski definition) is 1. The normalized spacial score (nSPS) is 15.5. The Morgan fingerprint density at radius 2 is 1.93 bits per heavy atom. The van der Waals surface area contributed by atoms with Gasteiger partial charge in [-0.3, -0.25) is 4.79 Å². The summed E-state index contributed by atoms with van der Waals surface area (Å²) in [5.41, 5.74) is 1.88. The van der Waals surface area contributed by atoms with Crippen LogP contribution in [0.15, 0.2) is 48.5 Å². The highest BCUT2D eigenvalue weighted by molar-refractivity contribution is 6.31. The minimum absolute atomic E-state index is 0.124. The summed E-state index contributed by atoms with van der Waals surface area (Å²) in [5.74, 6) is 0.945. The lowest BCUT2D eigenvalue weighted by Crippen LogP contribution is -2.39. The molecular formula is C22H27ClN2O2. The van der Waals surface area contributed by atoms with Crippen LogP contribution >= 0.6 is 11.6 Å². The Bertz CT molecular complexity index is 743. The highest BCUT2D eigenvalue weighted by Crippen LogP contribution is 2.23. The van der Waals surface area contributed by atoms with E-state index in [0.717, 1.165) is 38.9 Å². The number of nitrogens with zero attached hydrogens (tertiary/aromatic N) is 1. The quantitative estimate of drug-likeness (QED) is 0.781. The number of likely N-dealkylation sites (tertiary alicyclic amines) is 1. The molecular weight excluding hydrogens is 360 g/mol. The van der Waals surface area contributed by atoms with Gasteiger partial charge in [-0.2, -0.15) is 0 Å². The van der Waals surface area contributed by atoms with E-state index in [-0.39, 0.29) is 5.91 Å². The second-order valence-corrected chi connectivity index (χ2v) is 7.51. The van der Waals surface area contributed by atoms with Gasteiger partial charge < -0.3 is 15.0 Å². The van der Waals surface area contributed by atoms with Gasteiger partial charge in [-0.05, 0) is 62.0 Å². The molecule has 1 fully saturated rings. The Morgan fingerprint density at radius 1 is 1.19 bits per heavy atom. The summed E-state index contributed by atoms with van der Waals surface area (Å²) in [7, 11) is 1.56. The minimum Gasteiger partial charge on any atom is -0.496 e. The Labute approximate surface area is 166 Å². The van der Waals surface area contributed by atoms with Gasteiger partial charge in [0.05, 0.1) is 12.7 Å². The van der Waals surface area contributed by atoms with Crippen molar-refractivity contribution in [1.29, 1.82) is 0 Å². The molecule has 1 N–H and O–H groups in total. The Hall–Kier alpha value is -2.04. The zero-order valence-corrected chi connectivity index (χ0v) is 16.5. The van der Waals surface area contributed by atoms with Crippen molar-refractivity contribution in [2.75, 3.05) is 33.3 Å². The molecule has 0 aromatic heterocycles. The molecule has 1 aliphatic heterocycles. The lowest BCUT2D eigenvalue weighted by Gasteiger charge is -2.32. The van der Waals surface area contributed by atoms with Crippen molar-refractivity contribution < 1.29 is 9.53 Å². The first-order valence-corrected chi connectivity index (χ1v) is 9.91. The molecule has 0 radical (unpaired) electrons. The van der Waals surface area contributed by atoms with E-state index in [1.165, 1.54) is 5.56 Å². The number of nitrogens with one attached hydrogen (secondary N) is 1. The van der Waals surface area contributed by atoms with Crippen LogP contribution in [0, 0.1) is 5.92 Å². The van der Waals surface area contributed by atoms with Gasteiger partial charge in [0.1, 0.15) is 5.75 Å². The van der Waals surface area contributed by atoms with Gasteiger partial charge in [0.25, 0.3) is 5.91 Å². The van der Waals surface area contributed by atoms with Crippen LogP contribution in [0.5, 0.6) is 5.75 Å². The van der Waals surface area contributed by atoms with Crippen LogP contribution in [0.3, 0.4) is 0 Å². The van der Waals surface area contributed by atoms with Gasteiger partial charge >= 0.3 is 0 Å². The van der Waals surface area contributed by atoms with Crippen LogP contribution in [0.2, 0.25) is 5.02 Å². The predicted molar refractivity (Wildman–Crippen MR) is 110 cm³/mol. The molecule has 2 aromatic carbocycles. The lowest BCUT2D eigenvalue weighted by atomic mass is 9.96. The first-order chi connectivity index (χ1) is 13.2. The molecule has 1 aliphatic rings.